The number of hydrogen-bond donors (Lipinski definition) is 0. The fraction of sp³-hybridized carbons (Fsp3) is 0.357. The van der Waals surface area contributed by atoms with Crippen LogP contribution in [0.5, 0.6) is 5.75 Å². The molecule has 0 heterocycles. The van der Waals surface area contributed by atoms with E-state index in [2.05, 4.69) is 62.4 Å². The number of fused-ring (bicyclic) bond motifs is 2. The lowest BCUT2D eigenvalue weighted by molar-refractivity contribution is -0.0311. The van der Waals surface area contributed by atoms with Crippen molar-refractivity contribution in [2.45, 2.75) is 59.8 Å². The van der Waals surface area contributed by atoms with Crippen LogP contribution < -0.4 is 4.74 Å². The molecule has 2 aliphatic rings. The molecule has 2 bridgehead atoms. The smallest absolute Gasteiger partial charge is 0.170 e. The highest BCUT2D eigenvalue weighted by atomic mass is 32.2. The summed E-state index contributed by atoms with van der Waals surface area (Å²) in [6.07, 6.45) is 4.80. The van der Waals surface area contributed by atoms with Crippen molar-refractivity contribution in [2.24, 2.45) is 17.8 Å². The summed E-state index contributed by atoms with van der Waals surface area (Å²) in [5.74, 6) is 1.82. The van der Waals surface area contributed by atoms with Gasteiger partial charge in [0.15, 0.2) is 26.3 Å². The van der Waals surface area contributed by atoms with Crippen LogP contribution in [-0.4, -0.2) is 5.60 Å². The summed E-state index contributed by atoms with van der Waals surface area (Å²) in [4.78, 5) is 3.55. The van der Waals surface area contributed by atoms with E-state index in [4.69, 9.17) is 4.74 Å². The van der Waals surface area contributed by atoms with Crippen molar-refractivity contribution in [3.63, 3.8) is 0 Å². The molecule has 31 heavy (non-hydrogen) atoms. The summed E-state index contributed by atoms with van der Waals surface area (Å²) in [5, 5.41) is 0. The zero-order valence-corrected chi connectivity index (χ0v) is 19.1. The minimum absolute atomic E-state index is 0.236. The Morgan fingerprint density at radius 2 is 1.52 bits per heavy atom. The van der Waals surface area contributed by atoms with Crippen molar-refractivity contribution in [3.8, 4) is 5.75 Å². The molecule has 0 N–H and O–H groups in total. The van der Waals surface area contributed by atoms with Gasteiger partial charge in [-0.1, -0.05) is 50.2 Å². The van der Waals surface area contributed by atoms with Gasteiger partial charge >= 0.3 is 0 Å². The zero-order chi connectivity index (χ0) is 21.4. The molecule has 2 saturated carbocycles. The predicted octanol–water partition coefficient (Wildman–Crippen LogP) is 7.51. The van der Waals surface area contributed by atoms with E-state index in [1.165, 1.54) is 29.1 Å². The highest BCUT2D eigenvalue weighted by Crippen LogP contribution is 2.55. The lowest BCUT2D eigenvalue weighted by Gasteiger charge is -2.41. The van der Waals surface area contributed by atoms with E-state index in [0.717, 1.165) is 17.2 Å². The van der Waals surface area contributed by atoms with Crippen molar-refractivity contribution in [2.75, 3.05) is 0 Å². The Morgan fingerprint density at radius 1 is 0.871 bits per heavy atom. The minimum atomic E-state index is -0.309. The van der Waals surface area contributed by atoms with E-state index >= 15 is 4.39 Å². The third-order valence-corrected chi connectivity index (χ3v) is 9.43. The molecule has 1 nitrogen and oxygen atoms in total. The maximum Gasteiger partial charge on any atom is 0.170 e. The molecule has 3 aromatic carbocycles. The largest absolute Gasteiger partial charge is 0.483 e. The van der Waals surface area contributed by atoms with Gasteiger partial charge in [-0.3, -0.25) is 0 Å². The van der Waals surface area contributed by atoms with Gasteiger partial charge in [0.05, 0.1) is 10.9 Å². The molecule has 3 aromatic rings. The van der Waals surface area contributed by atoms with Crippen LogP contribution in [0.4, 0.5) is 4.39 Å². The summed E-state index contributed by atoms with van der Waals surface area (Å²) in [6.45, 7) is 4.47. The van der Waals surface area contributed by atoms with Gasteiger partial charge in [-0.2, -0.15) is 0 Å². The standard InChI is InChI=1S/C28H30FOS/c1-20(2)28(19-21-13-14-22(28)17-21)30-27-18-25(15-16-26(27)29)31(23-9-5-3-6-10-23)24-11-7-4-8-12-24/h3-12,15-16,18,20-22H,13-14,17,19H2,1-2H3/q+1. The maximum absolute atomic E-state index is 15.0. The second kappa shape index (κ2) is 8.35. The molecular formula is C28H30FOS+. The van der Waals surface area contributed by atoms with Gasteiger partial charge < -0.3 is 4.74 Å². The highest BCUT2D eigenvalue weighted by Gasteiger charge is 2.55. The van der Waals surface area contributed by atoms with Gasteiger partial charge in [-0.25, -0.2) is 4.39 Å². The van der Waals surface area contributed by atoms with Crippen LogP contribution in [0.1, 0.15) is 39.5 Å². The van der Waals surface area contributed by atoms with Crippen LogP contribution in [0, 0.1) is 23.6 Å². The molecule has 3 unspecified atom stereocenters. The molecule has 3 heteroatoms. The van der Waals surface area contributed by atoms with E-state index in [1.807, 2.05) is 24.3 Å². The molecule has 2 aliphatic carbocycles. The fourth-order valence-corrected chi connectivity index (χ4v) is 7.79. The molecule has 0 spiro atoms. The van der Waals surface area contributed by atoms with Gasteiger partial charge in [0, 0.05) is 6.07 Å². The van der Waals surface area contributed by atoms with Gasteiger partial charge in [0.2, 0.25) is 0 Å². The first-order chi connectivity index (χ1) is 15.1. The molecule has 0 aliphatic heterocycles. The molecular weight excluding hydrogens is 403 g/mol. The summed E-state index contributed by atoms with van der Waals surface area (Å²) in [6, 6.07) is 26.5. The first kappa shape index (κ1) is 20.6. The lowest BCUT2D eigenvalue weighted by Crippen LogP contribution is -2.46. The van der Waals surface area contributed by atoms with E-state index in [9.17, 15) is 0 Å². The Kier molecular flexibility index (Phi) is 5.56. The Bertz CT molecular complexity index is 996. The van der Waals surface area contributed by atoms with Crippen molar-refractivity contribution in [1.29, 1.82) is 0 Å². The van der Waals surface area contributed by atoms with Gasteiger partial charge in [-0.15, -0.1) is 0 Å². The van der Waals surface area contributed by atoms with Crippen LogP contribution in [0.2, 0.25) is 0 Å². The molecule has 5 rings (SSSR count). The van der Waals surface area contributed by atoms with Crippen LogP contribution in [-0.2, 0) is 10.9 Å². The SMILES string of the molecule is CC(C)C1(Oc2cc([S+](c3ccccc3)c3ccccc3)ccc2F)CC2CCC1C2. The third kappa shape index (κ3) is 3.78. The van der Waals surface area contributed by atoms with Crippen molar-refractivity contribution in [1.82, 2.24) is 0 Å². The summed E-state index contributed by atoms with van der Waals surface area (Å²) in [5.41, 5.74) is -0.236. The monoisotopic (exact) mass is 433 g/mol. The first-order valence-electron chi connectivity index (χ1n) is 11.4. The van der Waals surface area contributed by atoms with Crippen molar-refractivity contribution >= 4 is 10.9 Å². The van der Waals surface area contributed by atoms with Gasteiger partial charge in [-0.05, 0) is 79.8 Å². The van der Waals surface area contributed by atoms with E-state index < -0.39 is 0 Å². The summed E-state index contributed by atoms with van der Waals surface area (Å²) < 4.78 is 21.7. The van der Waals surface area contributed by atoms with Crippen molar-refractivity contribution < 1.29 is 9.13 Å². The van der Waals surface area contributed by atoms with Crippen LogP contribution >= 0.6 is 0 Å². The Hall–Kier alpha value is -2.26. The molecule has 0 radical (unpaired) electrons. The van der Waals surface area contributed by atoms with E-state index in [-0.39, 0.29) is 22.3 Å². The van der Waals surface area contributed by atoms with E-state index in [0.29, 0.717) is 17.6 Å². The maximum atomic E-state index is 15.0. The fourth-order valence-electron chi connectivity index (χ4n) is 5.69. The average Bonchev–Trinajstić information content (AvgIpc) is 3.40. The normalized spacial score (nSPS) is 24.8. The first-order valence-corrected chi connectivity index (χ1v) is 12.6. The topological polar surface area (TPSA) is 9.23 Å². The van der Waals surface area contributed by atoms with Crippen LogP contribution in [0.3, 0.4) is 0 Å². The molecule has 3 atom stereocenters. The number of benzene rings is 3. The summed E-state index contributed by atoms with van der Waals surface area (Å²) >= 11 is 0. The molecule has 0 aromatic heterocycles. The number of ether oxygens (including phenoxy) is 1. The number of rotatable bonds is 6. The second-order valence-electron chi connectivity index (χ2n) is 9.32. The lowest BCUT2D eigenvalue weighted by atomic mass is 9.76. The van der Waals surface area contributed by atoms with Gasteiger partial charge in [0.1, 0.15) is 5.60 Å². The third-order valence-electron chi connectivity index (χ3n) is 7.21. The molecule has 0 amide bonds. The minimum Gasteiger partial charge on any atom is -0.483 e. The van der Waals surface area contributed by atoms with E-state index in [1.54, 1.807) is 6.07 Å². The summed E-state index contributed by atoms with van der Waals surface area (Å²) in [7, 11) is -0.309. The molecule has 0 saturated heterocycles. The van der Waals surface area contributed by atoms with Crippen LogP contribution in [0.15, 0.2) is 93.5 Å². The Balaban J connectivity index is 1.55. The molecule has 160 valence electrons. The van der Waals surface area contributed by atoms with Gasteiger partial charge in [0.25, 0.3) is 0 Å². The number of halogens is 1. The highest BCUT2D eigenvalue weighted by molar-refractivity contribution is 7.97. The Morgan fingerprint density at radius 3 is 2.03 bits per heavy atom. The second-order valence-corrected chi connectivity index (χ2v) is 11.3. The predicted molar refractivity (Wildman–Crippen MR) is 125 cm³/mol. The number of hydrogen-bond acceptors (Lipinski definition) is 1. The molecule has 2 fully saturated rings. The zero-order valence-electron chi connectivity index (χ0n) is 18.3. The quantitative estimate of drug-likeness (QED) is 0.365. The Labute approximate surface area is 188 Å². The average molecular weight is 434 g/mol. The van der Waals surface area contributed by atoms with Crippen molar-refractivity contribution in [3.05, 3.63) is 84.7 Å². The van der Waals surface area contributed by atoms with Crippen LogP contribution in [0.25, 0.3) is 0 Å².